The van der Waals surface area contributed by atoms with Crippen molar-refractivity contribution in [2.45, 2.75) is 44.2 Å². The summed E-state index contributed by atoms with van der Waals surface area (Å²) in [6, 6.07) is 4.93. The molecule has 20 heavy (non-hydrogen) atoms. The van der Waals surface area contributed by atoms with Crippen LogP contribution in [0.25, 0.3) is 0 Å². The highest BCUT2D eigenvalue weighted by atomic mass is 16.3. The second-order valence-corrected chi connectivity index (χ2v) is 6.20. The van der Waals surface area contributed by atoms with E-state index in [4.69, 9.17) is 0 Å². The first-order valence-corrected chi connectivity index (χ1v) is 7.66. The van der Waals surface area contributed by atoms with Crippen LogP contribution >= 0.6 is 0 Å². The van der Waals surface area contributed by atoms with E-state index in [1.54, 1.807) is 6.07 Å². The molecule has 0 atom stereocenters. The van der Waals surface area contributed by atoms with Crippen molar-refractivity contribution in [1.82, 2.24) is 10.2 Å². The molecule has 0 bridgehead atoms. The Hall–Kier alpha value is -1.26. The van der Waals surface area contributed by atoms with Gasteiger partial charge >= 0.3 is 0 Å². The summed E-state index contributed by atoms with van der Waals surface area (Å²) in [7, 11) is 0. The lowest BCUT2D eigenvalue weighted by atomic mass is 9.79. The van der Waals surface area contributed by atoms with E-state index in [1.165, 1.54) is 38.2 Å². The van der Waals surface area contributed by atoms with Crippen LogP contribution in [0.2, 0.25) is 0 Å². The van der Waals surface area contributed by atoms with Crippen LogP contribution in [0, 0.1) is 0 Å². The highest BCUT2D eigenvalue weighted by Gasteiger charge is 2.39. The Kier molecular flexibility index (Phi) is 3.85. The predicted molar refractivity (Wildman–Crippen MR) is 78.9 cm³/mol. The zero-order valence-electron chi connectivity index (χ0n) is 11.9. The number of rotatable bonds is 2. The van der Waals surface area contributed by atoms with Crippen molar-refractivity contribution in [2.75, 3.05) is 19.6 Å². The minimum Gasteiger partial charge on any atom is -0.508 e. The Morgan fingerprint density at radius 1 is 1.15 bits per heavy atom. The van der Waals surface area contributed by atoms with Crippen LogP contribution in [0.15, 0.2) is 18.2 Å². The molecule has 110 valence electrons. The van der Waals surface area contributed by atoms with Gasteiger partial charge in [0.25, 0.3) is 0 Å². The molecule has 1 aromatic rings. The van der Waals surface area contributed by atoms with Crippen molar-refractivity contribution in [1.29, 1.82) is 0 Å². The van der Waals surface area contributed by atoms with Crippen molar-refractivity contribution in [3.05, 3.63) is 23.8 Å². The van der Waals surface area contributed by atoms with Gasteiger partial charge in [-0.05, 0) is 18.9 Å². The normalized spacial score (nSPS) is 23.0. The van der Waals surface area contributed by atoms with E-state index in [2.05, 4.69) is 10.2 Å². The van der Waals surface area contributed by atoms with E-state index < -0.39 is 0 Å². The zero-order valence-corrected chi connectivity index (χ0v) is 11.9. The number of hydrogen-bond acceptors (Lipinski definition) is 4. The Morgan fingerprint density at radius 3 is 2.70 bits per heavy atom. The molecule has 0 unspecified atom stereocenters. The third-order valence-electron chi connectivity index (χ3n) is 4.90. The van der Waals surface area contributed by atoms with Gasteiger partial charge in [-0.2, -0.15) is 0 Å². The summed E-state index contributed by atoms with van der Waals surface area (Å²) in [5, 5.41) is 22.9. The van der Waals surface area contributed by atoms with E-state index in [0.717, 1.165) is 31.7 Å². The van der Waals surface area contributed by atoms with Gasteiger partial charge in [0.05, 0.1) is 0 Å². The maximum Gasteiger partial charge on any atom is 0.123 e. The molecular formula is C16H24N2O2. The van der Waals surface area contributed by atoms with Crippen LogP contribution in [-0.4, -0.2) is 40.3 Å². The molecule has 4 nitrogen and oxygen atoms in total. The van der Waals surface area contributed by atoms with Gasteiger partial charge in [0.1, 0.15) is 11.5 Å². The van der Waals surface area contributed by atoms with Gasteiger partial charge in [-0.1, -0.05) is 25.3 Å². The summed E-state index contributed by atoms with van der Waals surface area (Å²) < 4.78 is 0. The topological polar surface area (TPSA) is 55.7 Å². The third-order valence-corrected chi connectivity index (χ3v) is 4.90. The van der Waals surface area contributed by atoms with Crippen LogP contribution in [0.5, 0.6) is 11.5 Å². The summed E-state index contributed by atoms with van der Waals surface area (Å²) in [5.41, 5.74) is 1.18. The van der Waals surface area contributed by atoms with Crippen molar-refractivity contribution in [2.24, 2.45) is 0 Å². The third kappa shape index (κ3) is 2.63. The standard InChI is InChI=1S/C16H24N2O2/c19-14-5-4-13(15(20)10-14)11-18-9-8-17-12-16(18)6-2-1-3-7-16/h4-5,10,17,19-20H,1-3,6-9,11-12H2. The molecule has 2 fully saturated rings. The molecule has 0 amide bonds. The molecule has 3 N–H and O–H groups in total. The fraction of sp³-hybridized carbons (Fsp3) is 0.625. The summed E-state index contributed by atoms with van der Waals surface area (Å²) in [4.78, 5) is 2.54. The Bertz CT molecular complexity index is 461. The van der Waals surface area contributed by atoms with Crippen LogP contribution in [0.3, 0.4) is 0 Å². The number of piperazine rings is 1. The van der Waals surface area contributed by atoms with Gasteiger partial charge in [-0.3, -0.25) is 4.90 Å². The molecule has 1 aromatic carbocycles. The van der Waals surface area contributed by atoms with Crippen molar-refractivity contribution < 1.29 is 10.2 Å². The molecule has 3 rings (SSSR count). The van der Waals surface area contributed by atoms with Crippen LogP contribution in [-0.2, 0) is 6.54 Å². The number of phenols is 2. The minimum atomic E-state index is 0.124. The SMILES string of the molecule is Oc1ccc(CN2CCNCC23CCCCC3)c(O)c1. The Labute approximate surface area is 120 Å². The van der Waals surface area contributed by atoms with Crippen LogP contribution < -0.4 is 5.32 Å². The van der Waals surface area contributed by atoms with Crippen molar-refractivity contribution in [3.63, 3.8) is 0 Å². The summed E-state index contributed by atoms with van der Waals surface area (Å²) in [6.07, 6.45) is 6.46. The number of hydrogen-bond donors (Lipinski definition) is 3. The van der Waals surface area contributed by atoms with Crippen LogP contribution in [0.4, 0.5) is 0 Å². The molecule has 0 radical (unpaired) electrons. The second-order valence-electron chi connectivity index (χ2n) is 6.20. The number of nitrogens with one attached hydrogen (secondary N) is 1. The first kappa shape index (κ1) is 13.7. The fourth-order valence-corrected chi connectivity index (χ4v) is 3.73. The quantitative estimate of drug-likeness (QED) is 0.775. The monoisotopic (exact) mass is 276 g/mol. The second kappa shape index (κ2) is 5.62. The first-order valence-electron chi connectivity index (χ1n) is 7.66. The number of benzene rings is 1. The molecular weight excluding hydrogens is 252 g/mol. The van der Waals surface area contributed by atoms with Gasteiger partial charge in [0.15, 0.2) is 0 Å². The van der Waals surface area contributed by atoms with Crippen molar-refractivity contribution >= 4 is 0 Å². The van der Waals surface area contributed by atoms with Gasteiger partial charge in [-0.15, -0.1) is 0 Å². The number of phenolic OH excluding ortho intramolecular Hbond substituents is 2. The molecule has 4 heteroatoms. The smallest absolute Gasteiger partial charge is 0.123 e. The summed E-state index contributed by atoms with van der Waals surface area (Å²) >= 11 is 0. The largest absolute Gasteiger partial charge is 0.508 e. The van der Waals surface area contributed by atoms with E-state index in [1.807, 2.05) is 6.07 Å². The zero-order chi connectivity index (χ0) is 14.0. The molecule has 1 aliphatic carbocycles. The van der Waals surface area contributed by atoms with Gasteiger partial charge < -0.3 is 15.5 Å². The maximum atomic E-state index is 10.0. The maximum absolute atomic E-state index is 10.0. The lowest BCUT2D eigenvalue weighted by Gasteiger charge is -2.50. The predicted octanol–water partition coefficient (Wildman–Crippen LogP) is 2.21. The van der Waals surface area contributed by atoms with Gasteiger partial charge in [0.2, 0.25) is 0 Å². The lowest BCUT2D eigenvalue weighted by Crippen LogP contribution is -2.61. The van der Waals surface area contributed by atoms with E-state index in [0.29, 0.717) is 0 Å². The van der Waals surface area contributed by atoms with Gasteiger partial charge in [0, 0.05) is 43.3 Å². The highest BCUT2D eigenvalue weighted by molar-refractivity contribution is 5.39. The number of nitrogens with zero attached hydrogens (tertiary/aromatic N) is 1. The van der Waals surface area contributed by atoms with E-state index in [-0.39, 0.29) is 17.0 Å². The molecule has 1 aliphatic heterocycles. The van der Waals surface area contributed by atoms with Gasteiger partial charge in [-0.25, -0.2) is 0 Å². The molecule has 1 spiro atoms. The first-order chi connectivity index (χ1) is 9.70. The molecule has 2 aliphatic rings. The highest BCUT2D eigenvalue weighted by Crippen LogP contribution is 2.36. The molecule has 0 aromatic heterocycles. The fourth-order valence-electron chi connectivity index (χ4n) is 3.73. The van der Waals surface area contributed by atoms with Crippen molar-refractivity contribution in [3.8, 4) is 11.5 Å². The summed E-state index contributed by atoms with van der Waals surface area (Å²) in [6.45, 7) is 3.88. The van der Waals surface area contributed by atoms with E-state index in [9.17, 15) is 10.2 Å². The Balaban J connectivity index is 1.79. The average molecular weight is 276 g/mol. The van der Waals surface area contributed by atoms with Crippen LogP contribution in [0.1, 0.15) is 37.7 Å². The molecule has 1 saturated heterocycles. The average Bonchev–Trinajstić information content (AvgIpc) is 2.45. The molecule has 1 saturated carbocycles. The minimum absolute atomic E-state index is 0.124. The Morgan fingerprint density at radius 2 is 1.95 bits per heavy atom. The number of aromatic hydroxyl groups is 2. The molecule has 1 heterocycles. The lowest BCUT2D eigenvalue weighted by molar-refractivity contribution is 0.0204. The summed E-state index contributed by atoms with van der Waals surface area (Å²) in [5.74, 6) is 0.327. The van der Waals surface area contributed by atoms with E-state index >= 15 is 0 Å².